The number of aryl methyl sites for hydroxylation is 1. The summed E-state index contributed by atoms with van der Waals surface area (Å²) in [5, 5.41) is 2.58. The Hall–Kier alpha value is -4.05. The van der Waals surface area contributed by atoms with Gasteiger partial charge in [0.15, 0.2) is 11.5 Å². The van der Waals surface area contributed by atoms with Crippen molar-refractivity contribution >= 4 is 27.5 Å². The molecule has 1 unspecified atom stereocenters. The lowest BCUT2D eigenvalue weighted by Crippen LogP contribution is -2.50. The number of carbonyl (C=O) groups excluding carboxylic acids is 2. The summed E-state index contributed by atoms with van der Waals surface area (Å²) in [5.41, 5.74) is 2.05. The van der Waals surface area contributed by atoms with Crippen molar-refractivity contribution in [2.75, 3.05) is 31.1 Å². The minimum absolute atomic E-state index is 0.0347. The molecule has 1 N–H and O–H groups in total. The van der Waals surface area contributed by atoms with Crippen molar-refractivity contribution in [3.8, 4) is 11.5 Å². The van der Waals surface area contributed by atoms with Gasteiger partial charge in [0.2, 0.25) is 11.8 Å². The fourth-order valence-electron chi connectivity index (χ4n) is 4.20. The molecule has 0 aliphatic carbocycles. The van der Waals surface area contributed by atoms with E-state index in [0.717, 1.165) is 15.4 Å². The van der Waals surface area contributed by atoms with Crippen molar-refractivity contribution in [2.45, 2.75) is 31.3 Å². The van der Waals surface area contributed by atoms with Crippen LogP contribution in [0.4, 0.5) is 5.69 Å². The fourth-order valence-corrected chi connectivity index (χ4v) is 5.63. The molecule has 200 valence electrons. The van der Waals surface area contributed by atoms with Crippen LogP contribution in [0, 0.1) is 6.92 Å². The van der Waals surface area contributed by atoms with E-state index in [9.17, 15) is 18.0 Å². The van der Waals surface area contributed by atoms with Gasteiger partial charge in [0.05, 0.1) is 10.6 Å². The maximum atomic E-state index is 13.9. The molecule has 0 spiro atoms. The summed E-state index contributed by atoms with van der Waals surface area (Å²) in [6.45, 7) is 3.88. The van der Waals surface area contributed by atoms with Gasteiger partial charge >= 0.3 is 0 Å². The Kier molecular flexibility index (Phi) is 8.21. The van der Waals surface area contributed by atoms with Crippen LogP contribution in [0.3, 0.4) is 0 Å². The van der Waals surface area contributed by atoms with Gasteiger partial charge in [0.1, 0.15) is 25.8 Å². The molecule has 38 heavy (non-hydrogen) atoms. The third-order valence-electron chi connectivity index (χ3n) is 6.44. The molecule has 0 saturated carbocycles. The number of fused-ring (bicyclic) bond motifs is 1. The Morgan fingerprint density at radius 2 is 1.61 bits per heavy atom. The zero-order valence-electron chi connectivity index (χ0n) is 21.6. The van der Waals surface area contributed by atoms with Gasteiger partial charge in [-0.25, -0.2) is 8.42 Å². The topological polar surface area (TPSA) is 105 Å². The lowest BCUT2D eigenvalue weighted by Gasteiger charge is -2.32. The molecule has 0 fully saturated rings. The summed E-state index contributed by atoms with van der Waals surface area (Å²) in [5.74, 6) is 0.00485. The number of benzene rings is 3. The maximum Gasteiger partial charge on any atom is 0.264 e. The Morgan fingerprint density at radius 1 is 0.947 bits per heavy atom. The number of sulfonamides is 1. The SMILES string of the molecule is CNC(=O)C(C)N(Cc1ccccc1C)C(=O)CN(c1ccc2c(c1)OCCO2)S(=O)(=O)c1ccccc1. The van der Waals surface area contributed by atoms with E-state index < -0.39 is 28.5 Å². The molecular formula is C28H31N3O6S. The monoisotopic (exact) mass is 537 g/mol. The normalized spacial score (nSPS) is 13.3. The van der Waals surface area contributed by atoms with Gasteiger partial charge in [-0.15, -0.1) is 0 Å². The van der Waals surface area contributed by atoms with Crippen LogP contribution in [0.2, 0.25) is 0 Å². The number of rotatable bonds is 9. The molecule has 3 aromatic carbocycles. The minimum Gasteiger partial charge on any atom is -0.486 e. The highest BCUT2D eigenvalue weighted by atomic mass is 32.2. The molecule has 0 aromatic heterocycles. The number of amides is 2. The van der Waals surface area contributed by atoms with Crippen LogP contribution in [0.5, 0.6) is 11.5 Å². The average Bonchev–Trinajstić information content (AvgIpc) is 2.94. The molecule has 0 saturated heterocycles. The molecule has 10 heteroatoms. The predicted molar refractivity (Wildman–Crippen MR) is 144 cm³/mol. The van der Waals surface area contributed by atoms with Gasteiger partial charge in [0.25, 0.3) is 10.0 Å². The first-order valence-corrected chi connectivity index (χ1v) is 13.7. The molecular weight excluding hydrogens is 506 g/mol. The molecule has 2 amide bonds. The summed E-state index contributed by atoms with van der Waals surface area (Å²) in [4.78, 5) is 27.9. The van der Waals surface area contributed by atoms with E-state index in [2.05, 4.69) is 5.32 Å². The highest BCUT2D eigenvalue weighted by Gasteiger charge is 2.33. The molecule has 1 heterocycles. The van der Waals surface area contributed by atoms with Crippen LogP contribution in [-0.2, 0) is 26.2 Å². The second kappa shape index (κ2) is 11.6. The molecule has 0 bridgehead atoms. The van der Waals surface area contributed by atoms with Gasteiger partial charge < -0.3 is 19.7 Å². The van der Waals surface area contributed by atoms with Crippen molar-refractivity contribution < 1.29 is 27.5 Å². The predicted octanol–water partition coefficient (Wildman–Crippen LogP) is 3.12. The van der Waals surface area contributed by atoms with Gasteiger partial charge in [-0.2, -0.15) is 0 Å². The van der Waals surface area contributed by atoms with Gasteiger partial charge in [0, 0.05) is 19.7 Å². The van der Waals surface area contributed by atoms with E-state index in [1.807, 2.05) is 31.2 Å². The second-order valence-electron chi connectivity index (χ2n) is 8.89. The number of ether oxygens (including phenoxy) is 2. The average molecular weight is 538 g/mol. The number of nitrogens with zero attached hydrogens (tertiary/aromatic N) is 2. The Balaban J connectivity index is 1.74. The van der Waals surface area contributed by atoms with E-state index in [1.54, 1.807) is 43.3 Å². The number of nitrogens with one attached hydrogen (secondary N) is 1. The Morgan fingerprint density at radius 3 is 2.29 bits per heavy atom. The van der Waals surface area contributed by atoms with Crippen LogP contribution >= 0.6 is 0 Å². The van der Waals surface area contributed by atoms with Crippen molar-refractivity contribution in [3.63, 3.8) is 0 Å². The summed E-state index contributed by atoms with van der Waals surface area (Å²) >= 11 is 0. The molecule has 9 nitrogen and oxygen atoms in total. The molecule has 4 rings (SSSR count). The van der Waals surface area contributed by atoms with Gasteiger partial charge in [-0.3, -0.25) is 13.9 Å². The third kappa shape index (κ3) is 5.75. The van der Waals surface area contributed by atoms with Crippen molar-refractivity contribution in [1.29, 1.82) is 0 Å². The van der Waals surface area contributed by atoms with Crippen molar-refractivity contribution in [3.05, 3.63) is 83.9 Å². The molecule has 3 aromatic rings. The summed E-state index contributed by atoms with van der Waals surface area (Å²) in [7, 11) is -2.66. The van der Waals surface area contributed by atoms with Gasteiger partial charge in [-0.05, 0) is 49.2 Å². The molecule has 1 atom stereocenters. The largest absolute Gasteiger partial charge is 0.486 e. The zero-order valence-corrected chi connectivity index (χ0v) is 22.4. The third-order valence-corrected chi connectivity index (χ3v) is 8.23. The number of anilines is 1. The van der Waals surface area contributed by atoms with E-state index in [1.165, 1.54) is 24.1 Å². The Labute approximate surface area is 223 Å². The van der Waals surface area contributed by atoms with E-state index in [-0.39, 0.29) is 23.0 Å². The molecule has 0 radical (unpaired) electrons. The Bertz CT molecular complexity index is 1410. The first-order valence-electron chi connectivity index (χ1n) is 12.3. The minimum atomic E-state index is -4.15. The summed E-state index contributed by atoms with van der Waals surface area (Å²) in [6.07, 6.45) is 0. The summed E-state index contributed by atoms with van der Waals surface area (Å²) in [6, 6.07) is 19.4. The van der Waals surface area contributed by atoms with Crippen molar-refractivity contribution in [1.82, 2.24) is 10.2 Å². The van der Waals surface area contributed by atoms with Crippen molar-refractivity contribution in [2.24, 2.45) is 0 Å². The highest BCUT2D eigenvalue weighted by Crippen LogP contribution is 2.36. The molecule has 1 aliphatic heterocycles. The first-order chi connectivity index (χ1) is 18.2. The van der Waals surface area contributed by atoms with Crippen LogP contribution in [0.25, 0.3) is 0 Å². The number of likely N-dealkylation sites (N-methyl/N-ethyl adjacent to an activating group) is 1. The molecule has 1 aliphatic rings. The van der Waals surface area contributed by atoms with Gasteiger partial charge in [-0.1, -0.05) is 42.5 Å². The maximum absolute atomic E-state index is 13.9. The fraction of sp³-hybridized carbons (Fsp3) is 0.286. The van der Waals surface area contributed by atoms with E-state index in [4.69, 9.17) is 9.47 Å². The van der Waals surface area contributed by atoms with Crippen LogP contribution in [-0.4, -0.2) is 58.0 Å². The first kappa shape index (κ1) is 27.0. The van der Waals surface area contributed by atoms with Crippen LogP contribution in [0.15, 0.2) is 77.7 Å². The quantitative estimate of drug-likeness (QED) is 0.450. The standard InChI is InChI=1S/C28H31N3O6S/c1-20-9-7-8-10-22(20)18-30(21(2)28(33)29-3)27(32)19-31(38(34,35)24-11-5-4-6-12-24)23-13-14-25-26(17-23)37-16-15-36-25/h4-14,17,21H,15-16,18-19H2,1-3H3,(H,29,33). The number of hydrogen-bond acceptors (Lipinski definition) is 6. The number of hydrogen-bond donors (Lipinski definition) is 1. The summed E-state index contributed by atoms with van der Waals surface area (Å²) < 4.78 is 40.0. The van der Waals surface area contributed by atoms with Crippen LogP contribution in [0.1, 0.15) is 18.1 Å². The lowest BCUT2D eigenvalue weighted by molar-refractivity contribution is -0.139. The van der Waals surface area contributed by atoms with E-state index >= 15 is 0 Å². The lowest BCUT2D eigenvalue weighted by atomic mass is 10.1. The second-order valence-corrected chi connectivity index (χ2v) is 10.8. The van der Waals surface area contributed by atoms with Crippen LogP contribution < -0.4 is 19.1 Å². The smallest absolute Gasteiger partial charge is 0.264 e. The number of carbonyl (C=O) groups is 2. The van der Waals surface area contributed by atoms with E-state index in [0.29, 0.717) is 24.7 Å². The highest BCUT2D eigenvalue weighted by molar-refractivity contribution is 7.92. The zero-order chi connectivity index (χ0) is 27.3.